The van der Waals surface area contributed by atoms with Crippen molar-refractivity contribution < 1.29 is 67.1 Å². The number of esters is 2. The summed E-state index contributed by atoms with van der Waals surface area (Å²) in [6.45, 7) is 14.6. The van der Waals surface area contributed by atoms with E-state index >= 15 is 0 Å². The Balaban J connectivity index is 0.000000185. The van der Waals surface area contributed by atoms with E-state index in [1.54, 1.807) is 55.4 Å². The molecular formula is C76H94N8O15S2. The van der Waals surface area contributed by atoms with Crippen molar-refractivity contribution in [1.29, 1.82) is 0 Å². The van der Waals surface area contributed by atoms with E-state index in [9.17, 15) is 48.3 Å². The SMILES string of the molecule is CCOC(=O)[C@]12CC(=O)[C@@H]3C[C@@H](Oc4nc5ccccc5nc4-c4cccs4)CN3C(=O)[C@H](NC(=O)OC(C)(C)C)CCCCC/C=C\[C@@H]1C2.CCOC(=O)[C@]12CC(=O)[C@@H]3C[C@H](O)CN3C(=O)[C@H](NC(=O)OC(C)(C)C)CCCCC/C=C\[C@@H]1C2.O=c1[nH]c2ccccc2nc1-c1cccs1. The molecule has 2 aromatic carbocycles. The quantitative estimate of drug-likeness (QED) is 0.0563. The molecule has 4 N–H and O–H groups in total. The normalized spacial score (nSPS) is 26.3. The third kappa shape index (κ3) is 19.1. The average Bonchev–Trinajstić information content (AvgIpc) is 1.58. The van der Waals surface area contributed by atoms with Crippen LogP contribution in [0.5, 0.6) is 5.88 Å². The van der Waals surface area contributed by atoms with Gasteiger partial charge >= 0.3 is 24.1 Å². The van der Waals surface area contributed by atoms with Gasteiger partial charge in [-0.1, -0.05) is 86.4 Å². The summed E-state index contributed by atoms with van der Waals surface area (Å²) in [5.41, 5.74) is 0.571. The highest BCUT2D eigenvalue weighted by Gasteiger charge is 2.63. The molecule has 4 fully saturated rings. The number of carbonyl (C=O) groups excluding carboxylic acids is 8. The molecule has 2 aliphatic carbocycles. The van der Waals surface area contributed by atoms with Crippen LogP contribution in [-0.4, -0.2) is 156 Å². The maximum atomic E-state index is 14.5. The highest BCUT2D eigenvalue weighted by Crippen LogP contribution is 2.59. The largest absolute Gasteiger partial charge is 0.471 e. The first-order valence-corrected chi connectivity index (χ1v) is 37.1. The predicted octanol–water partition coefficient (Wildman–Crippen LogP) is 12.2. The lowest BCUT2D eigenvalue weighted by Crippen LogP contribution is -2.52. The molecule has 540 valence electrons. The molecule has 0 unspecified atom stereocenters. The summed E-state index contributed by atoms with van der Waals surface area (Å²) in [6, 6.07) is 19.3. The lowest BCUT2D eigenvalue weighted by Gasteiger charge is -2.30. The predicted molar refractivity (Wildman–Crippen MR) is 384 cm³/mol. The summed E-state index contributed by atoms with van der Waals surface area (Å²) in [5, 5.41) is 19.7. The van der Waals surface area contributed by atoms with Gasteiger partial charge in [-0.3, -0.25) is 33.6 Å². The molecule has 2 saturated carbocycles. The van der Waals surface area contributed by atoms with E-state index in [2.05, 4.69) is 32.8 Å². The first-order valence-electron chi connectivity index (χ1n) is 35.3. The first-order chi connectivity index (χ1) is 48.3. The molecule has 4 amide bonds. The Hall–Kier alpha value is -8.68. The number of allylic oxidation sites excluding steroid dienone is 4. The van der Waals surface area contributed by atoms with E-state index < -0.39 is 76.5 Å². The lowest BCUT2D eigenvalue weighted by atomic mass is 9.91. The summed E-state index contributed by atoms with van der Waals surface area (Å²) in [4.78, 5) is 141. The van der Waals surface area contributed by atoms with Gasteiger partial charge in [0.2, 0.25) is 17.7 Å². The highest BCUT2D eigenvalue weighted by molar-refractivity contribution is 7.13. The summed E-state index contributed by atoms with van der Waals surface area (Å²) < 4.78 is 28.2. The lowest BCUT2D eigenvalue weighted by molar-refractivity contribution is -0.153. The number of nitrogens with one attached hydrogen (secondary N) is 3. The molecule has 23 nitrogen and oxygen atoms in total. The number of aliphatic hydroxyl groups excluding tert-OH is 1. The van der Waals surface area contributed by atoms with Crippen LogP contribution >= 0.6 is 22.7 Å². The smallest absolute Gasteiger partial charge is 0.408 e. The third-order valence-electron chi connectivity index (χ3n) is 18.8. The molecule has 8 heterocycles. The van der Waals surface area contributed by atoms with Crippen LogP contribution in [0.15, 0.2) is 113 Å². The third-order valence-corrected chi connectivity index (χ3v) is 20.6. The van der Waals surface area contributed by atoms with Crippen molar-refractivity contribution >= 4 is 92.2 Å². The van der Waals surface area contributed by atoms with Crippen molar-refractivity contribution in [2.75, 3.05) is 26.3 Å². The van der Waals surface area contributed by atoms with Crippen molar-refractivity contribution in [3.63, 3.8) is 0 Å². The fourth-order valence-electron chi connectivity index (χ4n) is 13.7. The maximum absolute atomic E-state index is 14.5. The topological polar surface area (TPSA) is 305 Å². The minimum Gasteiger partial charge on any atom is -0.471 e. The molecule has 0 radical (unpaired) electrons. The summed E-state index contributed by atoms with van der Waals surface area (Å²) in [7, 11) is 0. The van der Waals surface area contributed by atoms with Gasteiger partial charge in [0.05, 0.1) is 80.6 Å². The van der Waals surface area contributed by atoms with Crippen LogP contribution in [0.25, 0.3) is 43.2 Å². The van der Waals surface area contributed by atoms with Gasteiger partial charge in [0.1, 0.15) is 40.8 Å². The molecule has 12 rings (SSSR count). The Morgan fingerprint density at radius 1 is 0.594 bits per heavy atom. The standard InChI is InChI=1S/C38H46N4O7S.C26H40N2O7.C12H8N2OS/c1-5-47-35(45)38-21-24(38)14-9-7-6-8-10-17-28(41-36(46)49-37(2,3)4)34(44)42-23-25(20-29(42)30(43)22-38)48-33-32(31-18-13-19-50-31)39-26-15-11-12-16-27(26)40-33;1-5-34-23(32)26-14-17(26)11-9-7-6-8-10-12-19(27-24(33)35-25(2,3)4)22(31)28-16-18(29)13-20(28)21(30)15-26;15-12-11(10-6-3-7-16-10)13-8-4-1-2-5-9(8)14-12/h9,11-16,18-19,24-25,28-29H,5-8,10,17,20-23H2,1-4H3,(H,41,46);9,11,17-20,29H,5-8,10,12-16H2,1-4H3,(H,27,33);1-7H,(H,14,15)/b14-9-;11-9-;/t24-,25-,28-,29+,38-;17-,18+,19-,20+,26-;/m11./s1. The number of ether oxygens (including phenoxy) is 5. The average molecular weight is 1420 g/mol. The van der Waals surface area contributed by atoms with Crippen LogP contribution in [0, 0.1) is 22.7 Å². The van der Waals surface area contributed by atoms with E-state index in [0.717, 1.165) is 64.8 Å². The minimum absolute atomic E-state index is 0.0114. The summed E-state index contributed by atoms with van der Waals surface area (Å²) in [5.74, 6) is -1.89. The van der Waals surface area contributed by atoms with E-state index in [1.165, 1.54) is 32.5 Å². The van der Waals surface area contributed by atoms with Gasteiger partial charge in [-0.2, -0.15) is 0 Å². The number of alkyl carbamates (subject to hydrolysis) is 2. The molecule has 6 aliphatic rings. The summed E-state index contributed by atoms with van der Waals surface area (Å²) in [6.07, 6.45) is 14.0. The van der Waals surface area contributed by atoms with Crippen molar-refractivity contribution in [3.05, 3.63) is 118 Å². The Bertz CT molecular complexity index is 4070. The van der Waals surface area contributed by atoms with Crippen LogP contribution < -0.4 is 20.9 Å². The van der Waals surface area contributed by atoms with E-state index in [-0.39, 0.29) is 98.8 Å². The Morgan fingerprint density at radius 2 is 1.07 bits per heavy atom. The number of aromatic amines is 1. The van der Waals surface area contributed by atoms with Crippen molar-refractivity contribution in [1.82, 2.24) is 40.4 Å². The van der Waals surface area contributed by atoms with Gasteiger partial charge in [0, 0.05) is 32.2 Å². The zero-order valence-electron chi connectivity index (χ0n) is 58.9. The van der Waals surface area contributed by atoms with Gasteiger partial charge in [-0.05, 0) is 166 Å². The summed E-state index contributed by atoms with van der Waals surface area (Å²) >= 11 is 3.03. The molecule has 25 heteroatoms. The maximum Gasteiger partial charge on any atom is 0.408 e. The Kier molecular flexibility index (Phi) is 24.5. The van der Waals surface area contributed by atoms with Crippen molar-refractivity contribution in [2.45, 2.75) is 206 Å². The number of aromatic nitrogens is 4. The number of thiophene rings is 2. The zero-order valence-corrected chi connectivity index (χ0v) is 60.5. The number of benzene rings is 2. The number of para-hydroxylation sites is 4. The van der Waals surface area contributed by atoms with Crippen LogP contribution in [-0.2, 0) is 47.7 Å². The van der Waals surface area contributed by atoms with Crippen molar-refractivity contribution in [2.24, 2.45) is 22.7 Å². The monoisotopic (exact) mass is 1420 g/mol. The molecule has 2 saturated heterocycles. The number of carbonyl (C=O) groups is 8. The Morgan fingerprint density at radius 3 is 1.57 bits per heavy atom. The number of hydrogen-bond acceptors (Lipinski definition) is 20. The number of H-pyrrole nitrogens is 1. The molecule has 4 aromatic heterocycles. The van der Waals surface area contributed by atoms with E-state index in [4.69, 9.17) is 33.7 Å². The second-order valence-electron chi connectivity index (χ2n) is 28.8. The van der Waals surface area contributed by atoms with E-state index in [1.807, 2.05) is 95.7 Å². The number of fused-ring (bicyclic) bond motifs is 6. The van der Waals surface area contributed by atoms with Crippen LogP contribution in [0.4, 0.5) is 9.59 Å². The molecule has 6 aromatic rings. The zero-order chi connectivity index (χ0) is 72.2. The minimum atomic E-state index is -0.957. The van der Waals surface area contributed by atoms with Gasteiger partial charge in [-0.15, -0.1) is 22.7 Å². The van der Waals surface area contributed by atoms with Gasteiger partial charge in [-0.25, -0.2) is 24.5 Å². The molecule has 0 spiro atoms. The van der Waals surface area contributed by atoms with Crippen LogP contribution in [0.2, 0.25) is 0 Å². The van der Waals surface area contributed by atoms with Crippen LogP contribution in [0.3, 0.4) is 0 Å². The number of ketones is 2. The number of Topliss-reactive ketones (excluding diaryl/α,β-unsaturated/α-hetero) is 2. The van der Waals surface area contributed by atoms with Crippen molar-refractivity contribution in [3.8, 4) is 27.0 Å². The second kappa shape index (κ2) is 33.0. The number of rotatable bonds is 10. The van der Waals surface area contributed by atoms with Gasteiger partial charge in [0.15, 0.2) is 11.6 Å². The van der Waals surface area contributed by atoms with Gasteiger partial charge in [0.25, 0.3) is 5.56 Å². The Labute approximate surface area is 596 Å². The van der Waals surface area contributed by atoms with E-state index in [0.29, 0.717) is 61.3 Å². The second-order valence-corrected chi connectivity index (χ2v) is 30.7. The fourth-order valence-corrected chi connectivity index (χ4v) is 15.1. The number of hydrogen-bond donors (Lipinski definition) is 4. The highest BCUT2D eigenvalue weighted by atomic mass is 32.1. The molecule has 10 atom stereocenters. The van der Waals surface area contributed by atoms with Crippen LogP contribution in [0.1, 0.15) is 158 Å². The number of amides is 4. The molecule has 0 bridgehead atoms. The fraction of sp³-hybridized carbons (Fsp3) is 0.526. The molecule has 4 aliphatic heterocycles. The number of nitrogens with zero attached hydrogens (tertiary/aromatic N) is 5. The molecular weight excluding hydrogens is 1330 g/mol. The number of aliphatic hydroxyl groups is 1. The van der Waals surface area contributed by atoms with Gasteiger partial charge < -0.3 is 54.2 Å². The molecule has 101 heavy (non-hydrogen) atoms. The first kappa shape index (κ1) is 75.0.